The Morgan fingerprint density at radius 3 is 2.63 bits per heavy atom. The number of azide groups is 1. The van der Waals surface area contributed by atoms with Crippen molar-refractivity contribution in [1.82, 2.24) is 10.2 Å². The third-order valence-electron chi connectivity index (χ3n) is 4.47. The molecule has 0 radical (unpaired) electrons. The van der Waals surface area contributed by atoms with E-state index in [1.54, 1.807) is 0 Å². The highest BCUT2D eigenvalue weighted by atomic mass is 16.2. The normalized spacial score (nSPS) is 34.3. The van der Waals surface area contributed by atoms with Crippen molar-refractivity contribution in [2.24, 2.45) is 17.0 Å². The van der Waals surface area contributed by atoms with Crippen LogP contribution < -0.4 is 5.32 Å². The van der Waals surface area contributed by atoms with Crippen molar-refractivity contribution in [3.63, 3.8) is 0 Å². The summed E-state index contributed by atoms with van der Waals surface area (Å²) in [6, 6.07) is -0.362. The molecule has 1 N–H and O–H groups in total. The van der Waals surface area contributed by atoms with E-state index in [1.165, 1.54) is 4.90 Å². The van der Waals surface area contributed by atoms with E-state index in [-0.39, 0.29) is 36.9 Å². The molecule has 1 aliphatic carbocycles. The van der Waals surface area contributed by atoms with E-state index in [0.29, 0.717) is 0 Å². The minimum absolute atomic E-state index is 0.120. The first-order chi connectivity index (χ1) is 9.04. The number of imide groups is 1. The van der Waals surface area contributed by atoms with Gasteiger partial charge in [0.05, 0.1) is 0 Å². The van der Waals surface area contributed by atoms with Gasteiger partial charge in [-0.1, -0.05) is 25.4 Å². The summed E-state index contributed by atoms with van der Waals surface area (Å²) in [5, 5.41) is 6.28. The van der Waals surface area contributed by atoms with E-state index in [1.807, 2.05) is 13.8 Å². The Labute approximate surface area is 112 Å². The maximum atomic E-state index is 12.6. The third kappa shape index (κ3) is 2.04. The van der Waals surface area contributed by atoms with Gasteiger partial charge < -0.3 is 5.32 Å². The summed E-state index contributed by atoms with van der Waals surface area (Å²) in [4.78, 5) is 28.4. The summed E-state index contributed by atoms with van der Waals surface area (Å²) in [5.41, 5.74) is 7.49. The van der Waals surface area contributed by atoms with Crippen LogP contribution in [0.3, 0.4) is 0 Å². The van der Waals surface area contributed by atoms with Gasteiger partial charge >= 0.3 is 6.03 Å². The Bertz CT molecular complexity index is 433. The molecule has 1 aliphatic heterocycles. The molecule has 7 heteroatoms. The third-order valence-corrected chi connectivity index (χ3v) is 4.47. The molecule has 1 saturated heterocycles. The van der Waals surface area contributed by atoms with Crippen molar-refractivity contribution in [2.45, 2.75) is 38.6 Å². The number of rotatable bonds is 3. The molecule has 0 bridgehead atoms. The molecule has 7 nitrogen and oxygen atoms in total. The fourth-order valence-electron chi connectivity index (χ4n) is 3.35. The quantitative estimate of drug-likeness (QED) is 0.365. The maximum Gasteiger partial charge on any atom is 0.325 e. The minimum Gasteiger partial charge on any atom is -0.323 e. The van der Waals surface area contributed by atoms with Crippen LogP contribution in [0.4, 0.5) is 4.79 Å². The Kier molecular flexibility index (Phi) is 3.66. The molecule has 2 aliphatic rings. The van der Waals surface area contributed by atoms with E-state index in [2.05, 4.69) is 15.3 Å². The number of amides is 3. The van der Waals surface area contributed by atoms with Gasteiger partial charge in [-0.3, -0.25) is 9.69 Å². The number of carbonyl (C=O) groups excluding carboxylic acids is 2. The van der Waals surface area contributed by atoms with Gasteiger partial charge in [0.2, 0.25) is 0 Å². The van der Waals surface area contributed by atoms with Crippen LogP contribution in [0.1, 0.15) is 33.1 Å². The molecule has 2 atom stereocenters. The first-order valence-electron chi connectivity index (χ1n) is 6.69. The van der Waals surface area contributed by atoms with Crippen LogP contribution in [0.5, 0.6) is 0 Å². The Morgan fingerprint density at radius 1 is 1.42 bits per heavy atom. The number of carbonyl (C=O) groups is 2. The molecule has 104 valence electrons. The Balaban J connectivity index is 2.22. The Hall–Kier alpha value is -1.75. The largest absolute Gasteiger partial charge is 0.325 e. The smallest absolute Gasteiger partial charge is 0.323 e. The molecule has 0 aromatic rings. The first-order valence-corrected chi connectivity index (χ1v) is 6.69. The molecule has 19 heavy (non-hydrogen) atoms. The highest BCUT2D eigenvalue weighted by Gasteiger charge is 2.57. The van der Waals surface area contributed by atoms with E-state index in [9.17, 15) is 9.59 Å². The second-order valence-electron chi connectivity index (χ2n) is 5.44. The van der Waals surface area contributed by atoms with E-state index in [4.69, 9.17) is 5.53 Å². The van der Waals surface area contributed by atoms with Crippen molar-refractivity contribution in [2.75, 3.05) is 13.1 Å². The van der Waals surface area contributed by atoms with Crippen LogP contribution in [0.25, 0.3) is 10.4 Å². The van der Waals surface area contributed by atoms with Crippen molar-refractivity contribution in [1.29, 1.82) is 0 Å². The van der Waals surface area contributed by atoms with Gasteiger partial charge in [0, 0.05) is 18.0 Å². The van der Waals surface area contributed by atoms with Crippen molar-refractivity contribution in [3.8, 4) is 0 Å². The lowest BCUT2D eigenvalue weighted by Gasteiger charge is -2.42. The second-order valence-corrected chi connectivity index (χ2v) is 5.44. The van der Waals surface area contributed by atoms with Crippen molar-refractivity contribution in [3.05, 3.63) is 10.4 Å². The molecule has 1 heterocycles. The van der Waals surface area contributed by atoms with Gasteiger partial charge in [-0.15, -0.1) is 0 Å². The van der Waals surface area contributed by atoms with Crippen LogP contribution in [0.15, 0.2) is 5.11 Å². The molecule has 0 aromatic heterocycles. The van der Waals surface area contributed by atoms with E-state index >= 15 is 0 Å². The van der Waals surface area contributed by atoms with Gasteiger partial charge in [0.15, 0.2) is 0 Å². The zero-order valence-electron chi connectivity index (χ0n) is 11.3. The van der Waals surface area contributed by atoms with E-state index < -0.39 is 5.54 Å². The number of urea groups is 1. The molecule has 2 unspecified atom stereocenters. The SMILES string of the molecule is CC1CCCC(C)C12NC(=O)N(CCN=[N+]=[N-])C2=O. The summed E-state index contributed by atoms with van der Waals surface area (Å²) in [5.74, 6) is 0.111. The van der Waals surface area contributed by atoms with E-state index in [0.717, 1.165) is 19.3 Å². The second kappa shape index (κ2) is 5.09. The van der Waals surface area contributed by atoms with Gasteiger partial charge in [-0.25, -0.2) is 4.79 Å². The number of nitrogens with zero attached hydrogens (tertiary/aromatic N) is 4. The molecule has 1 saturated carbocycles. The average Bonchev–Trinajstić information content (AvgIpc) is 2.62. The standard InChI is InChI=1S/C12H19N5O2/c1-8-4-3-5-9(2)12(8)10(18)17(11(19)15-12)7-6-14-16-13/h8-9H,3-7H2,1-2H3,(H,15,19). The zero-order valence-corrected chi connectivity index (χ0v) is 11.3. The number of hydrogen-bond acceptors (Lipinski definition) is 3. The average molecular weight is 265 g/mol. The van der Waals surface area contributed by atoms with Crippen molar-refractivity contribution < 1.29 is 9.59 Å². The molecule has 1 spiro atoms. The highest BCUT2D eigenvalue weighted by molar-refractivity contribution is 6.07. The summed E-state index contributed by atoms with van der Waals surface area (Å²) >= 11 is 0. The summed E-state index contributed by atoms with van der Waals surface area (Å²) in [6.07, 6.45) is 2.98. The molecule has 2 rings (SSSR count). The van der Waals surface area contributed by atoms with Crippen molar-refractivity contribution >= 4 is 11.9 Å². The summed E-state index contributed by atoms with van der Waals surface area (Å²) < 4.78 is 0. The lowest BCUT2D eigenvalue weighted by Crippen LogP contribution is -2.58. The van der Waals surface area contributed by atoms with Gasteiger partial charge in [-0.05, 0) is 30.2 Å². The van der Waals surface area contributed by atoms with Crippen LogP contribution in [-0.2, 0) is 4.79 Å². The molecule has 0 aromatic carbocycles. The minimum atomic E-state index is -0.758. The predicted octanol–water partition coefficient (Wildman–Crippen LogP) is 2.04. The van der Waals surface area contributed by atoms with Crippen LogP contribution in [-0.4, -0.2) is 35.5 Å². The van der Waals surface area contributed by atoms with Crippen LogP contribution >= 0.6 is 0 Å². The van der Waals surface area contributed by atoms with Crippen LogP contribution in [0, 0.1) is 11.8 Å². The monoisotopic (exact) mass is 265 g/mol. The Morgan fingerprint density at radius 2 is 2.05 bits per heavy atom. The highest BCUT2D eigenvalue weighted by Crippen LogP contribution is 2.41. The topological polar surface area (TPSA) is 98.2 Å². The fraction of sp³-hybridized carbons (Fsp3) is 0.833. The molecular weight excluding hydrogens is 246 g/mol. The summed E-state index contributed by atoms with van der Waals surface area (Å²) in [6.45, 7) is 4.31. The first kappa shape index (κ1) is 13.7. The zero-order chi connectivity index (χ0) is 14.0. The molecule has 3 amide bonds. The molecule has 2 fully saturated rings. The van der Waals surface area contributed by atoms with Gasteiger partial charge in [0.25, 0.3) is 5.91 Å². The number of hydrogen-bond donors (Lipinski definition) is 1. The lowest BCUT2D eigenvalue weighted by atomic mass is 9.67. The van der Waals surface area contributed by atoms with Gasteiger partial charge in [0.1, 0.15) is 5.54 Å². The fourth-order valence-corrected chi connectivity index (χ4v) is 3.35. The number of nitrogens with one attached hydrogen (secondary N) is 1. The summed E-state index contributed by atoms with van der Waals surface area (Å²) in [7, 11) is 0. The molecular formula is C12H19N5O2. The predicted molar refractivity (Wildman–Crippen MR) is 69.2 cm³/mol. The lowest BCUT2D eigenvalue weighted by molar-refractivity contribution is -0.136. The maximum absolute atomic E-state index is 12.6. The van der Waals surface area contributed by atoms with Crippen LogP contribution in [0.2, 0.25) is 0 Å². The van der Waals surface area contributed by atoms with Gasteiger partial charge in [-0.2, -0.15) is 0 Å².